The van der Waals surface area contributed by atoms with Crippen molar-refractivity contribution in [2.45, 2.75) is 32.2 Å². The Morgan fingerprint density at radius 2 is 2.00 bits per heavy atom. The van der Waals surface area contributed by atoms with E-state index < -0.39 is 17.9 Å². The second-order valence-corrected chi connectivity index (χ2v) is 4.78. The summed E-state index contributed by atoms with van der Waals surface area (Å²) in [6.07, 6.45) is 2.04. The van der Waals surface area contributed by atoms with Crippen LogP contribution < -0.4 is 10.1 Å². The lowest BCUT2D eigenvalue weighted by Gasteiger charge is -2.14. The van der Waals surface area contributed by atoms with Crippen LogP contribution in [0.5, 0.6) is 5.75 Å². The minimum Gasteiger partial charge on any atom is -0.484 e. The van der Waals surface area contributed by atoms with E-state index in [0.717, 1.165) is 12.8 Å². The third-order valence-corrected chi connectivity index (χ3v) is 2.92. The summed E-state index contributed by atoms with van der Waals surface area (Å²) in [5.41, 5.74) is 0. The third kappa shape index (κ3) is 5.93. The molecular weight excluding hydrogens is 282 g/mol. The van der Waals surface area contributed by atoms with E-state index in [9.17, 15) is 9.59 Å². The molecule has 0 aliphatic heterocycles. The molecular formula is C14H18ClNO4. The van der Waals surface area contributed by atoms with Crippen molar-refractivity contribution in [1.82, 2.24) is 5.32 Å². The molecule has 0 heterocycles. The molecule has 6 heteroatoms. The van der Waals surface area contributed by atoms with Gasteiger partial charge in [0.25, 0.3) is 5.91 Å². The molecule has 0 saturated carbocycles. The van der Waals surface area contributed by atoms with Gasteiger partial charge in [-0.15, -0.1) is 0 Å². The number of carboxylic acids is 1. The highest BCUT2D eigenvalue weighted by molar-refractivity contribution is 6.30. The summed E-state index contributed by atoms with van der Waals surface area (Å²) in [6.45, 7) is 1.74. The second kappa shape index (κ2) is 8.43. The molecule has 0 aromatic heterocycles. The van der Waals surface area contributed by atoms with Crippen LogP contribution in [0.4, 0.5) is 0 Å². The van der Waals surface area contributed by atoms with Gasteiger partial charge in [-0.2, -0.15) is 0 Å². The van der Waals surface area contributed by atoms with Gasteiger partial charge in [-0.3, -0.25) is 4.79 Å². The molecule has 0 saturated heterocycles. The number of benzene rings is 1. The highest BCUT2D eigenvalue weighted by Gasteiger charge is 2.19. The van der Waals surface area contributed by atoms with Crippen molar-refractivity contribution in [2.24, 2.45) is 0 Å². The fourth-order valence-corrected chi connectivity index (χ4v) is 1.71. The minimum atomic E-state index is -1.03. The first-order valence-corrected chi connectivity index (χ1v) is 6.81. The molecule has 0 aliphatic carbocycles. The van der Waals surface area contributed by atoms with Crippen molar-refractivity contribution in [1.29, 1.82) is 0 Å². The Hall–Kier alpha value is -1.75. The topological polar surface area (TPSA) is 75.6 Å². The molecule has 1 amide bonds. The number of unbranched alkanes of at least 4 members (excludes halogenated alkanes) is 1. The van der Waals surface area contributed by atoms with Crippen LogP contribution in [0.1, 0.15) is 26.2 Å². The summed E-state index contributed by atoms with van der Waals surface area (Å²) in [6, 6.07) is 5.71. The molecule has 2 N–H and O–H groups in total. The quantitative estimate of drug-likeness (QED) is 0.773. The van der Waals surface area contributed by atoms with Gasteiger partial charge in [-0.05, 0) is 30.7 Å². The number of hydrogen-bond donors (Lipinski definition) is 2. The number of aliphatic carboxylic acids is 1. The first kappa shape index (κ1) is 16.3. The van der Waals surface area contributed by atoms with Crippen LogP contribution in [0, 0.1) is 0 Å². The van der Waals surface area contributed by atoms with Crippen molar-refractivity contribution in [2.75, 3.05) is 6.61 Å². The van der Waals surface area contributed by atoms with E-state index in [1.807, 2.05) is 6.92 Å². The number of nitrogens with one attached hydrogen (secondary N) is 1. The monoisotopic (exact) mass is 299 g/mol. The molecule has 1 aromatic rings. The Balaban J connectivity index is 2.41. The number of ether oxygens (including phenoxy) is 1. The molecule has 1 aromatic carbocycles. The Morgan fingerprint density at radius 3 is 2.55 bits per heavy atom. The van der Waals surface area contributed by atoms with Crippen LogP contribution in [0.15, 0.2) is 24.3 Å². The lowest BCUT2D eigenvalue weighted by atomic mass is 10.1. The number of carbonyl (C=O) groups is 2. The number of hydrogen-bond acceptors (Lipinski definition) is 3. The van der Waals surface area contributed by atoms with Crippen LogP contribution in [0.3, 0.4) is 0 Å². The molecule has 5 nitrogen and oxygen atoms in total. The highest BCUT2D eigenvalue weighted by atomic mass is 35.5. The van der Waals surface area contributed by atoms with E-state index in [4.69, 9.17) is 21.4 Å². The van der Waals surface area contributed by atoms with E-state index >= 15 is 0 Å². The van der Waals surface area contributed by atoms with Crippen molar-refractivity contribution in [3.63, 3.8) is 0 Å². The average Bonchev–Trinajstić information content (AvgIpc) is 2.42. The first-order valence-electron chi connectivity index (χ1n) is 6.43. The summed E-state index contributed by atoms with van der Waals surface area (Å²) in [4.78, 5) is 22.6. The Bertz CT molecular complexity index is 447. The maximum Gasteiger partial charge on any atom is 0.326 e. The largest absolute Gasteiger partial charge is 0.484 e. The van der Waals surface area contributed by atoms with Crippen molar-refractivity contribution < 1.29 is 19.4 Å². The van der Waals surface area contributed by atoms with Gasteiger partial charge in [0.05, 0.1) is 0 Å². The Morgan fingerprint density at radius 1 is 1.35 bits per heavy atom. The predicted octanol–water partition coefficient (Wildman–Crippen LogP) is 2.48. The van der Waals surface area contributed by atoms with E-state index in [-0.39, 0.29) is 6.61 Å². The molecule has 0 bridgehead atoms. The van der Waals surface area contributed by atoms with E-state index in [1.54, 1.807) is 24.3 Å². The van der Waals surface area contributed by atoms with Gasteiger partial charge in [0.2, 0.25) is 0 Å². The number of carboxylic acid groups (broad SMARTS) is 1. The summed E-state index contributed by atoms with van der Waals surface area (Å²) < 4.78 is 5.24. The number of carbonyl (C=O) groups excluding carboxylic acids is 1. The summed E-state index contributed by atoms with van der Waals surface area (Å²) in [5, 5.41) is 12.0. The SMILES string of the molecule is CCCCC(NC(=O)COc1ccc(Cl)cc1)C(=O)O. The zero-order valence-electron chi connectivity index (χ0n) is 11.3. The van der Waals surface area contributed by atoms with Gasteiger partial charge in [0.15, 0.2) is 6.61 Å². The van der Waals surface area contributed by atoms with Crippen LogP contribution in [0.25, 0.3) is 0 Å². The number of amides is 1. The fraction of sp³-hybridized carbons (Fsp3) is 0.429. The van der Waals surface area contributed by atoms with Gasteiger partial charge in [-0.1, -0.05) is 31.4 Å². The van der Waals surface area contributed by atoms with Crippen LogP contribution in [-0.2, 0) is 9.59 Å². The zero-order valence-corrected chi connectivity index (χ0v) is 12.0. The summed E-state index contributed by atoms with van der Waals surface area (Å²) in [5.74, 6) is -0.980. The molecule has 1 atom stereocenters. The van der Waals surface area contributed by atoms with E-state index in [0.29, 0.717) is 17.2 Å². The molecule has 0 spiro atoms. The standard InChI is InChI=1S/C14H18ClNO4/c1-2-3-4-12(14(18)19)16-13(17)9-20-11-7-5-10(15)6-8-11/h5-8,12H,2-4,9H2,1H3,(H,16,17)(H,18,19). The molecule has 1 unspecified atom stereocenters. The van der Waals surface area contributed by atoms with Crippen LogP contribution in [0.2, 0.25) is 5.02 Å². The van der Waals surface area contributed by atoms with Crippen LogP contribution in [-0.4, -0.2) is 29.6 Å². The lowest BCUT2D eigenvalue weighted by Crippen LogP contribution is -2.42. The Kier molecular flexibility index (Phi) is 6.87. The van der Waals surface area contributed by atoms with Crippen LogP contribution >= 0.6 is 11.6 Å². The maximum absolute atomic E-state index is 11.6. The van der Waals surface area contributed by atoms with Gasteiger partial charge in [0.1, 0.15) is 11.8 Å². The van der Waals surface area contributed by atoms with Gasteiger partial charge < -0.3 is 15.2 Å². The van der Waals surface area contributed by atoms with E-state index in [1.165, 1.54) is 0 Å². The lowest BCUT2D eigenvalue weighted by molar-refractivity contribution is -0.142. The van der Waals surface area contributed by atoms with Gasteiger partial charge in [-0.25, -0.2) is 4.79 Å². The molecule has 110 valence electrons. The summed E-state index contributed by atoms with van der Waals surface area (Å²) in [7, 11) is 0. The summed E-state index contributed by atoms with van der Waals surface area (Å²) >= 11 is 5.73. The maximum atomic E-state index is 11.6. The highest BCUT2D eigenvalue weighted by Crippen LogP contribution is 2.15. The van der Waals surface area contributed by atoms with Gasteiger partial charge in [0, 0.05) is 5.02 Å². The van der Waals surface area contributed by atoms with Crippen molar-refractivity contribution in [3.8, 4) is 5.75 Å². The van der Waals surface area contributed by atoms with Crippen molar-refractivity contribution in [3.05, 3.63) is 29.3 Å². The first-order chi connectivity index (χ1) is 9.52. The average molecular weight is 300 g/mol. The molecule has 20 heavy (non-hydrogen) atoms. The predicted molar refractivity (Wildman–Crippen MR) is 76.0 cm³/mol. The molecule has 1 rings (SSSR count). The number of rotatable bonds is 8. The number of halogens is 1. The molecule has 0 fully saturated rings. The zero-order chi connectivity index (χ0) is 15.0. The van der Waals surface area contributed by atoms with Crippen molar-refractivity contribution >= 4 is 23.5 Å². The fourth-order valence-electron chi connectivity index (χ4n) is 1.58. The van der Waals surface area contributed by atoms with E-state index in [2.05, 4.69) is 5.32 Å². The molecule has 0 aliphatic rings. The minimum absolute atomic E-state index is 0.225. The normalized spacial score (nSPS) is 11.7. The Labute approximate surface area is 122 Å². The smallest absolute Gasteiger partial charge is 0.326 e. The second-order valence-electron chi connectivity index (χ2n) is 4.34. The third-order valence-electron chi connectivity index (χ3n) is 2.66. The molecule has 0 radical (unpaired) electrons. The van der Waals surface area contributed by atoms with Gasteiger partial charge >= 0.3 is 5.97 Å².